The molecule has 0 aliphatic rings. The Morgan fingerprint density at radius 1 is 0.712 bits per heavy atom. The zero-order valence-corrected chi connectivity index (χ0v) is 29.2. The molecular weight excluding hydrogens is 715 g/mol. The van der Waals surface area contributed by atoms with Crippen LogP contribution in [0.15, 0.2) is 119 Å². The van der Waals surface area contributed by atoms with E-state index in [0.717, 1.165) is 5.56 Å². The van der Waals surface area contributed by atoms with E-state index in [4.69, 9.17) is 15.2 Å². The van der Waals surface area contributed by atoms with E-state index in [1.807, 2.05) is 30.3 Å². The summed E-state index contributed by atoms with van der Waals surface area (Å²) in [6.45, 7) is -3.68. The summed E-state index contributed by atoms with van der Waals surface area (Å²) in [6, 6.07) is 27.8. The third-order valence-electron chi connectivity index (χ3n) is 7.84. The maximum absolute atomic E-state index is 14.2. The molecule has 0 fully saturated rings. The highest BCUT2D eigenvalue weighted by molar-refractivity contribution is 7.93. The standard InChI is InChI=1S/C36H33N3O11S2/c1-49-28-13-17-30(18-14-28)52(47,48)39(22-34(43)44)35-31-10-6-5-9-26(31)19-27(36(35)50-23-32(37)40)20-38(21-33(41)42)51(45,46)29-15-11-25(12-16-29)24-7-3-2-4-8-24/h2-19H,20-23H2,1H3,(H2,37,40)(H,41,42)(H,43,44). The van der Waals surface area contributed by atoms with Crippen molar-refractivity contribution in [2.75, 3.05) is 31.1 Å². The van der Waals surface area contributed by atoms with Gasteiger partial charge in [-0.3, -0.25) is 18.7 Å². The number of rotatable bonds is 16. The first kappa shape index (κ1) is 37.3. The summed E-state index contributed by atoms with van der Waals surface area (Å²) in [5.74, 6) is -4.11. The number of sulfonamides is 2. The molecule has 0 atom stereocenters. The molecule has 0 radical (unpaired) electrons. The van der Waals surface area contributed by atoms with Crippen LogP contribution in [0.2, 0.25) is 0 Å². The molecule has 5 rings (SSSR count). The van der Waals surface area contributed by atoms with Gasteiger partial charge in [0.2, 0.25) is 10.0 Å². The van der Waals surface area contributed by atoms with Crippen molar-refractivity contribution in [2.45, 2.75) is 16.3 Å². The first-order valence-electron chi connectivity index (χ1n) is 15.4. The summed E-state index contributed by atoms with van der Waals surface area (Å²) in [5, 5.41) is 20.3. The maximum Gasteiger partial charge on any atom is 0.324 e. The number of nitrogens with two attached hydrogens (primary N) is 1. The van der Waals surface area contributed by atoms with Crippen molar-refractivity contribution in [1.29, 1.82) is 0 Å². The molecule has 0 saturated carbocycles. The first-order valence-corrected chi connectivity index (χ1v) is 18.3. The van der Waals surface area contributed by atoms with Crippen molar-refractivity contribution in [3.05, 3.63) is 115 Å². The molecule has 0 bridgehead atoms. The number of aliphatic carboxylic acids is 2. The number of amides is 1. The molecular formula is C36H33N3O11S2. The van der Waals surface area contributed by atoms with Crippen LogP contribution in [-0.4, -0.2) is 76.0 Å². The number of ether oxygens (including phenoxy) is 2. The van der Waals surface area contributed by atoms with Crippen LogP contribution < -0.4 is 19.5 Å². The fraction of sp³-hybridized carbons (Fsp3) is 0.139. The van der Waals surface area contributed by atoms with Gasteiger partial charge in [0.05, 0.1) is 16.9 Å². The monoisotopic (exact) mass is 747 g/mol. The van der Waals surface area contributed by atoms with E-state index in [-0.39, 0.29) is 26.4 Å². The summed E-state index contributed by atoms with van der Waals surface area (Å²) in [4.78, 5) is 35.8. The van der Waals surface area contributed by atoms with E-state index in [0.29, 0.717) is 25.3 Å². The molecule has 0 unspecified atom stereocenters. The van der Waals surface area contributed by atoms with Crippen molar-refractivity contribution in [3.8, 4) is 22.6 Å². The predicted molar refractivity (Wildman–Crippen MR) is 191 cm³/mol. The van der Waals surface area contributed by atoms with Crippen molar-refractivity contribution in [2.24, 2.45) is 5.73 Å². The van der Waals surface area contributed by atoms with Gasteiger partial charge in [0.1, 0.15) is 30.3 Å². The highest BCUT2D eigenvalue weighted by Crippen LogP contribution is 2.43. The lowest BCUT2D eigenvalue weighted by Crippen LogP contribution is -2.37. The topological polar surface area (TPSA) is 211 Å². The van der Waals surface area contributed by atoms with Gasteiger partial charge in [-0.05, 0) is 59.0 Å². The highest BCUT2D eigenvalue weighted by Gasteiger charge is 2.35. The maximum atomic E-state index is 14.2. The number of carbonyl (C=O) groups excluding carboxylic acids is 1. The van der Waals surface area contributed by atoms with Crippen molar-refractivity contribution >= 4 is 54.4 Å². The molecule has 0 aliphatic heterocycles. The van der Waals surface area contributed by atoms with Crippen LogP contribution in [0, 0.1) is 0 Å². The number of benzene rings is 5. The fourth-order valence-corrected chi connectivity index (χ4v) is 8.29. The zero-order valence-electron chi connectivity index (χ0n) is 27.6. The first-order chi connectivity index (χ1) is 24.7. The van der Waals surface area contributed by atoms with Gasteiger partial charge in [-0.1, -0.05) is 66.7 Å². The Balaban J connectivity index is 1.71. The summed E-state index contributed by atoms with van der Waals surface area (Å²) in [5.41, 5.74) is 6.51. The van der Waals surface area contributed by atoms with Gasteiger partial charge in [0.25, 0.3) is 15.9 Å². The molecule has 4 N–H and O–H groups in total. The molecule has 5 aromatic carbocycles. The molecule has 5 aromatic rings. The summed E-state index contributed by atoms with van der Waals surface area (Å²) >= 11 is 0. The third kappa shape index (κ3) is 8.15. The van der Waals surface area contributed by atoms with Gasteiger partial charge in [0.15, 0.2) is 6.61 Å². The van der Waals surface area contributed by atoms with Crippen molar-refractivity contribution < 1.29 is 50.9 Å². The summed E-state index contributed by atoms with van der Waals surface area (Å²) < 4.78 is 68.8. The van der Waals surface area contributed by atoms with Crippen molar-refractivity contribution in [3.63, 3.8) is 0 Å². The average Bonchev–Trinajstić information content (AvgIpc) is 3.12. The molecule has 14 nitrogen and oxygen atoms in total. The largest absolute Gasteiger partial charge is 0.497 e. The SMILES string of the molecule is COc1ccc(S(=O)(=O)N(CC(=O)O)c2c(OCC(N)=O)c(CN(CC(=O)O)S(=O)(=O)c3ccc(-c4ccccc4)cc3)cc3ccccc23)cc1. The van der Waals surface area contributed by atoms with Gasteiger partial charge in [-0.2, -0.15) is 4.31 Å². The number of hydrogen-bond donors (Lipinski definition) is 3. The lowest BCUT2D eigenvalue weighted by Gasteiger charge is -2.29. The summed E-state index contributed by atoms with van der Waals surface area (Å²) in [7, 11) is -7.89. The minimum atomic E-state index is -4.71. The fourth-order valence-electron chi connectivity index (χ4n) is 5.48. The van der Waals surface area contributed by atoms with Gasteiger partial charge in [0, 0.05) is 17.5 Å². The zero-order chi connectivity index (χ0) is 37.6. The van der Waals surface area contributed by atoms with Crippen LogP contribution in [0.3, 0.4) is 0 Å². The predicted octanol–water partition coefficient (Wildman–Crippen LogP) is 3.93. The van der Waals surface area contributed by atoms with Crippen LogP contribution in [-0.2, 0) is 41.0 Å². The number of hydrogen-bond acceptors (Lipinski definition) is 9. The van der Waals surface area contributed by atoms with Crippen LogP contribution in [0.5, 0.6) is 11.5 Å². The highest BCUT2D eigenvalue weighted by atomic mass is 32.2. The Morgan fingerprint density at radius 3 is 1.87 bits per heavy atom. The normalized spacial score (nSPS) is 11.7. The molecule has 0 saturated heterocycles. The third-order valence-corrected chi connectivity index (χ3v) is 11.4. The molecule has 0 spiro atoms. The number of carboxylic acid groups (broad SMARTS) is 2. The average molecular weight is 748 g/mol. The van der Waals surface area contributed by atoms with Crippen LogP contribution >= 0.6 is 0 Å². The van der Waals surface area contributed by atoms with E-state index >= 15 is 0 Å². The molecule has 16 heteroatoms. The lowest BCUT2D eigenvalue weighted by atomic mass is 10.0. The molecule has 0 aliphatic carbocycles. The second-order valence-electron chi connectivity index (χ2n) is 11.3. The number of nitrogens with zero attached hydrogens (tertiary/aromatic N) is 2. The molecule has 0 heterocycles. The Bertz CT molecular complexity index is 2330. The number of carbonyl (C=O) groups is 3. The molecule has 52 heavy (non-hydrogen) atoms. The van der Waals surface area contributed by atoms with Crippen molar-refractivity contribution in [1.82, 2.24) is 4.31 Å². The quantitative estimate of drug-likeness (QED) is 0.132. The number of primary amides is 1. The minimum Gasteiger partial charge on any atom is -0.497 e. The van der Waals surface area contributed by atoms with Gasteiger partial charge < -0.3 is 25.4 Å². The van der Waals surface area contributed by atoms with E-state index < -0.39 is 69.9 Å². The smallest absolute Gasteiger partial charge is 0.324 e. The Morgan fingerprint density at radius 2 is 1.27 bits per heavy atom. The number of methoxy groups -OCH3 is 1. The Kier molecular flexibility index (Phi) is 11.1. The van der Waals surface area contributed by atoms with Crippen LogP contribution in [0.1, 0.15) is 5.56 Å². The Labute approximate surface area is 299 Å². The Hall–Kier alpha value is -5.97. The molecule has 0 aromatic heterocycles. The van der Waals surface area contributed by atoms with E-state index in [9.17, 15) is 41.4 Å². The number of fused-ring (bicyclic) bond motifs is 1. The second kappa shape index (κ2) is 15.5. The van der Waals surface area contributed by atoms with Gasteiger partial charge in [-0.15, -0.1) is 0 Å². The minimum absolute atomic E-state index is 0.0824. The van der Waals surface area contributed by atoms with E-state index in [1.54, 1.807) is 30.3 Å². The van der Waals surface area contributed by atoms with Crippen LogP contribution in [0.25, 0.3) is 21.9 Å². The van der Waals surface area contributed by atoms with E-state index in [2.05, 4.69) is 0 Å². The van der Waals surface area contributed by atoms with Gasteiger partial charge >= 0.3 is 11.9 Å². The van der Waals surface area contributed by atoms with Gasteiger partial charge in [-0.25, -0.2) is 16.8 Å². The summed E-state index contributed by atoms with van der Waals surface area (Å²) in [6.07, 6.45) is 0. The number of carboxylic acids is 2. The van der Waals surface area contributed by atoms with E-state index in [1.165, 1.54) is 55.6 Å². The lowest BCUT2D eigenvalue weighted by molar-refractivity contribution is -0.137. The number of anilines is 1. The molecule has 270 valence electrons. The second-order valence-corrected chi connectivity index (χ2v) is 15.1. The molecule has 1 amide bonds. The van der Waals surface area contributed by atoms with Crippen LogP contribution in [0.4, 0.5) is 5.69 Å².